The number of carbonyl (C=O) groups is 2. The number of hydrogen-bond donors (Lipinski definition) is 2. The van der Waals surface area contributed by atoms with Crippen LogP contribution in [0, 0.1) is 12.7 Å². The third-order valence-corrected chi connectivity index (χ3v) is 6.21. The molecule has 0 aliphatic heterocycles. The Morgan fingerprint density at radius 2 is 1.97 bits per heavy atom. The Balaban J connectivity index is 1.41. The van der Waals surface area contributed by atoms with Crippen molar-refractivity contribution in [2.45, 2.75) is 13.3 Å². The van der Waals surface area contributed by atoms with E-state index in [1.165, 1.54) is 41.1 Å². The molecule has 1 aromatic carbocycles. The molecule has 6 nitrogen and oxygen atoms in total. The van der Waals surface area contributed by atoms with Crippen molar-refractivity contribution >= 4 is 44.6 Å². The second kappa shape index (κ2) is 8.60. The molecule has 9 heteroatoms. The van der Waals surface area contributed by atoms with Crippen LogP contribution in [0.1, 0.15) is 36.2 Å². The van der Waals surface area contributed by atoms with E-state index in [0.29, 0.717) is 21.4 Å². The maximum absolute atomic E-state index is 13.3. The van der Waals surface area contributed by atoms with Crippen LogP contribution in [0.5, 0.6) is 0 Å². The Bertz CT molecular complexity index is 1200. The summed E-state index contributed by atoms with van der Waals surface area (Å²) in [5, 5.41) is 6.51. The van der Waals surface area contributed by atoms with Gasteiger partial charge in [-0.15, -0.1) is 22.7 Å². The summed E-state index contributed by atoms with van der Waals surface area (Å²) in [4.78, 5) is 30.4. The maximum Gasteiger partial charge on any atom is 0.291 e. The highest BCUT2D eigenvalue weighted by molar-refractivity contribution is 7.18. The van der Waals surface area contributed by atoms with Crippen LogP contribution < -0.4 is 10.6 Å². The second-order valence-corrected chi connectivity index (χ2v) is 8.61. The minimum atomic E-state index is -0.380. The lowest BCUT2D eigenvalue weighted by atomic mass is 10.1. The zero-order chi connectivity index (χ0) is 21.1. The molecule has 0 aliphatic rings. The number of amides is 2. The zero-order valence-electron chi connectivity index (χ0n) is 15.8. The summed E-state index contributed by atoms with van der Waals surface area (Å²) >= 11 is 2.51. The van der Waals surface area contributed by atoms with E-state index in [1.807, 2.05) is 6.07 Å². The van der Waals surface area contributed by atoms with Crippen molar-refractivity contribution in [2.75, 3.05) is 10.6 Å². The largest absolute Gasteiger partial charge is 0.459 e. The lowest BCUT2D eigenvalue weighted by Crippen LogP contribution is -2.11. The number of rotatable bonds is 6. The van der Waals surface area contributed by atoms with Crippen molar-refractivity contribution in [3.05, 3.63) is 87.4 Å². The Labute approximate surface area is 179 Å². The summed E-state index contributed by atoms with van der Waals surface area (Å²) in [6.45, 7) is 1.80. The number of aromatic nitrogens is 1. The number of halogens is 1. The molecular formula is C21H16FN3O3S2. The van der Waals surface area contributed by atoms with E-state index in [0.717, 1.165) is 16.0 Å². The van der Waals surface area contributed by atoms with Gasteiger partial charge in [0.2, 0.25) is 0 Å². The summed E-state index contributed by atoms with van der Waals surface area (Å²) in [6.07, 6.45) is 3.62. The van der Waals surface area contributed by atoms with Crippen LogP contribution in [0.15, 0.2) is 59.3 Å². The first-order valence-corrected chi connectivity index (χ1v) is 10.6. The Kier molecular flexibility index (Phi) is 5.73. The van der Waals surface area contributed by atoms with Crippen LogP contribution in [-0.2, 0) is 6.42 Å². The molecule has 0 saturated heterocycles. The van der Waals surface area contributed by atoms with Crippen LogP contribution in [-0.4, -0.2) is 16.8 Å². The molecule has 0 atom stereocenters. The van der Waals surface area contributed by atoms with Gasteiger partial charge < -0.3 is 9.73 Å². The van der Waals surface area contributed by atoms with E-state index in [-0.39, 0.29) is 23.4 Å². The van der Waals surface area contributed by atoms with Crippen molar-refractivity contribution in [3.8, 4) is 0 Å². The van der Waals surface area contributed by atoms with Gasteiger partial charge in [0.15, 0.2) is 10.9 Å². The van der Waals surface area contributed by atoms with Gasteiger partial charge in [0.25, 0.3) is 11.8 Å². The molecule has 152 valence electrons. The Morgan fingerprint density at radius 3 is 2.73 bits per heavy atom. The first-order chi connectivity index (χ1) is 14.5. The predicted molar refractivity (Wildman–Crippen MR) is 115 cm³/mol. The fraction of sp³-hybridized carbons (Fsp3) is 0.0952. The van der Waals surface area contributed by atoms with Gasteiger partial charge in [-0.2, -0.15) is 0 Å². The van der Waals surface area contributed by atoms with Gasteiger partial charge in [-0.05, 0) is 48.4 Å². The van der Waals surface area contributed by atoms with E-state index in [1.54, 1.807) is 37.4 Å². The molecule has 0 radical (unpaired) electrons. The number of nitrogens with zero attached hydrogens (tertiary/aromatic N) is 1. The smallest absolute Gasteiger partial charge is 0.291 e. The van der Waals surface area contributed by atoms with Crippen molar-refractivity contribution < 1.29 is 18.4 Å². The molecule has 0 unspecified atom stereocenters. The number of carbonyl (C=O) groups excluding carboxylic acids is 2. The number of anilines is 2. The van der Waals surface area contributed by atoms with Crippen molar-refractivity contribution in [2.24, 2.45) is 0 Å². The predicted octanol–water partition coefficient (Wildman–Crippen LogP) is 5.34. The SMILES string of the molecule is Cc1cc(NC(=O)c2ccco2)sc1C(=O)Nc1ncc(Cc2cccc(F)c2)s1. The summed E-state index contributed by atoms with van der Waals surface area (Å²) in [6, 6.07) is 11.3. The number of thiophene rings is 1. The summed E-state index contributed by atoms with van der Waals surface area (Å²) in [7, 11) is 0. The Morgan fingerprint density at radius 1 is 1.10 bits per heavy atom. The topological polar surface area (TPSA) is 84.2 Å². The average Bonchev–Trinajstić information content (AvgIpc) is 3.44. The van der Waals surface area contributed by atoms with E-state index >= 15 is 0 Å². The minimum Gasteiger partial charge on any atom is -0.459 e. The van der Waals surface area contributed by atoms with Crippen LogP contribution in [0.2, 0.25) is 0 Å². The molecule has 4 aromatic rings. The molecule has 4 rings (SSSR count). The van der Waals surface area contributed by atoms with Gasteiger partial charge in [0, 0.05) is 17.5 Å². The van der Waals surface area contributed by atoms with Gasteiger partial charge >= 0.3 is 0 Å². The molecule has 3 aromatic heterocycles. The summed E-state index contributed by atoms with van der Waals surface area (Å²) < 4.78 is 18.4. The first kappa shape index (κ1) is 20.0. The minimum absolute atomic E-state index is 0.195. The van der Waals surface area contributed by atoms with Gasteiger partial charge in [0.1, 0.15) is 5.82 Å². The molecule has 3 heterocycles. The second-order valence-electron chi connectivity index (χ2n) is 6.45. The van der Waals surface area contributed by atoms with Crippen LogP contribution in [0.4, 0.5) is 14.5 Å². The quantitative estimate of drug-likeness (QED) is 0.423. The molecule has 2 amide bonds. The van der Waals surface area contributed by atoms with Crippen molar-refractivity contribution in [1.82, 2.24) is 4.98 Å². The average molecular weight is 442 g/mol. The molecular weight excluding hydrogens is 425 g/mol. The van der Waals surface area contributed by atoms with Crippen LogP contribution >= 0.6 is 22.7 Å². The third-order valence-electron chi connectivity index (χ3n) is 4.15. The Hall–Kier alpha value is -3.30. The molecule has 0 bridgehead atoms. The number of furan rings is 1. The molecule has 0 spiro atoms. The molecule has 0 saturated carbocycles. The molecule has 30 heavy (non-hydrogen) atoms. The number of benzene rings is 1. The van der Waals surface area contributed by atoms with Gasteiger partial charge in [0.05, 0.1) is 16.1 Å². The fourth-order valence-corrected chi connectivity index (χ4v) is 4.60. The van der Waals surface area contributed by atoms with E-state index in [2.05, 4.69) is 15.6 Å². The normalized spacial score (nSPS) is 10.7. The number of nitrogens with one attached hydrogen (secondary N) is 2. The monoisotopic (exact) mass is 441 g/mol. The van der Waals surface area contributed by atoms with Crippen LogP contribution in [0.25, 0.3) is 0 Å². The lowest BCUT2D eigenvalue weighted by Gasteiger charge is -2.00. The molecule has 0 fully saturated rings. The highest BCUT2D eigenvalue weighted by Crippen LogP contribution is 2.29. The van der Waals surface area contributed by atoms with Gasteiger partial charge in [-0.3, -0.25) is 14.9 Å². The first-order valence-electron chi connectivity index (χ1n) is 8.94. The van der Waals surface area contributed by atoms with E-state index < -0.39 is 0 Å². The number of hydrogen-bond acceptors (Lipinski definition) is 6. The number of thiazole rings is 1. The van der Waals surface area contributed by atoms with Gasteiger partial charge in [-0.25, -0.2) is 9.37 Å². The van der Waals surface area contributed by atoms with Crippen LogP contribution in [0.3, 0.4) is 0 Å². The van der Waals surface area contributed by atoms with E-state index in [4.69, 9.17) is 4.42 Å². The fourth-order valence-electron chi connectivity index (χ4n) is 2.80. The molecule has 2 N–H and O–H groups in total. The standard InChI is InChI=1S/C21H16FN3O3S2/c1-12-8-17(24-19(26)16-6-3-7-28-16)30-18(12)20(27)25-21-23-11-15(29-21)10-13-4-2-5-14(22)9-13/h2-9,11H,10H2,1H3,(H,24,26)(H,23,25,27). The number of aryl methyl sites for hydroxylation is 1. The highest BCUT2D eigenvalue weighted by atomic mass is 32.1. The van der Waals surface area contributed by atoms with E-state index in [9.17, 15) is 14.0 Å². The van der Waals surface area contributed by atoms with Gasteiger partial charge in [-0.1, -0.05) is 12.1 Å². The maximum atomic E-state index is 13.3. The lowest BCUT2D eigenvalue weighted by molar-refractivity contribution is 0.0995. The van der Waals surface area contributed by atoms with Crippen molar-refractivity contribution in [1.29, 1.82) is 0 Å². The highest BCUT2D eigenvalue weighted by Gasteiger charge is 2.18. The third kappa shape index (κ3) is 4.64. The summed E-state index contributed by atoms with van der Waals surface area (Å²) in [5.74, 6) is -0.771. The molecule has 0 aliphatic carbocycles. The zero-order valence-corrected chi connectivity index (χ0v) is 17.4. The van der Waals surface area contributed by atoms with Crippen molar-refractivity contribution in [3.63, 3.8) is 0 Å². The summed E-state index contributed by atoms with van der Waals surface area (Å²) in [5.41, 5.74) is 1.58.